The van der Waals surface area contributed by atoms with Crippen LogP contribution < -0.4 is 0 Å². The second kappa shape index (κ2) is 3.71. The fourth-order valence-electron chi connectivity index (χ4n) is 0.383. The quantitative estimate of drug-likeness (QED) is 0.570. The first-order chi connectivity index (χ1) is 4.20. The zero-order chi connectivity index (χ0) is 6.85. The molecule has 0 aliphatic carbocycles. The van der Waals surface area contributed by atoms with Crippen molar-refractivity contribution in [3.05, 3.63) is 10.0 Å². The number of carboxylic acid groups (broad SMARTS) is 1. The van der Waals surface area contributed by atoms with Gasteiger partial charge in [0.1, 0.15) is 5.01 Å². The summed E-state index contributed by atoms with van der Waals surface area (Å²) >= 11 is 1.07. The van der Waals surface area contributed by atoms with Crippen LogP contribution in [0.1, 0.15) is 14.8 Å². The monoisotopic (exact) mass is 152 g/mol. The zero-order valence-corrected chi connectivity index (χ0v) is 5.47. The molecule has 1 rings (SSSR count). The van der Waals surface area contributed by atoms with Crippen molar-refractivity contribution in [1.29, 1.82) is 0 Å². The standard InChI is InChI=1S/C4H4N2O2S.Li.H/c1-2-5-6-3(9-2)4(7)8;;/h1H3,(H,7,8);;. The number of nitrogens with zero attached hydrogens (tertiary/aromatic N) is 2. The molecule has 50 valence electrons. The molecule has 0 saturated carbocycles. The number of aromatic carboxylic acids is 1. The second-order valence-electron chi connectivity index (χ2n) is 1.43. The van der Waals surface area contributed by atoms with Crippen molar-refractivity contribution in [1.82, 2.24) is 10.2 Å². The van der Waals surface area contributed by atoms with Gasteiger partial charge in [0, 0.05) is 0 Å². The van der Waals surface area contributed by atoms with Crippen molar-refractivity contribution in [3.63, 3.8) is 0 Å². The third-order valence-electron chi connectivity index (χ3n) is 0.709. The number of rotatable bonds is 1. The summed E-state index contributed by atoms with van der Waals surface area (Å²) in [5.74, 6) is -1.01. The summed E-state index contributed by atoms with van der Waals surface area (Å²) in [6.07, 6.45) is 0. The molecule has 0 radical (unpaired) electrons. The van der Waals surface area contributed by atoms with Crippen LogP contribution >= 0.6 is 11.3 Å². The zero-order valence-electron chi connectivity index (χ0n) is 4.66. The normalized spacial score (nSPS) is 8.50. The van der Waals surface area contributed by atoms with E-state index in [2.05, 4.69) is 10.2 Å². The molecule has 0 amide bonds. The van der Waals surface area contributed by atoms with Gasteiger partial charge in [0.15, 0.2) is 0 Å². The fraction of sp³-hybridized carbons (Fsp3) is 0.250. The van der Waals surface area contributed by atoms with Crippen molar-refractivity contribution < 1.29 is 9.90 Å². The summed E-state index contributed by atoms with van der Waals surface area (Å²) in [5, 5.41) is 15.9. The van der Waals surface area contributed by atoms with Crippen LogP contribution in [-0.4, -0.2) is 40.1 Å². The van der Waals surface area contributed by atoms with Crippen LogP contribution in [0.2, 0.25) is 0 Å². The van der Waals surface area contributed by atoms with Gasteiger partial charge in [0.25, 0.3) is 0 Å². The Labute approximate surface area is 73.5 Å². The number of carbonyl (C=O) groups is 1. The van der Waals surface area contributed by atoms with E-state index in [-0.39, 0.29) is 23.9 Å². The van der Waals surface area contributed by atoms with Gasteiger partial charge in [-0.25, -0.2) is 4.79 Å². The van der Waals surface area contributed by atoms with Crippen molar-refractivity contribution in [3.8, 4) is 0 Å². The molecule has 1 aromatic heterocycles. The van der Waals surface area contributed by atoms with Gasteiger partial charge in [-0.1, -0.05) is 11.3 Å². The first-order valence-corrected chi connectivity index (χ1v) is 3.05. The van der Waals surface area contributed by atoms with Gasteiger partial charge in [0.05, 0.1) is 0 Å². The third kappa shape index (κ3) is 2.10. The van der Waals surface area contributed by atoms with E-state index in [1.54, 1.807) is 6.92 Å². The number of aromatic nitrogens is 2. The number of hydrogen-bond donors (Lipinski definition) is 1. The number of carboxylic acids is 1. The van der Waals surface area contributed by atoms with E-state index in [4.69, 9.17) is 5.11 Å². The molecular weight excluding hydrogens is 147 g/mol. The Morgan fingerprint density at radius 1 is 1.60 bits per heavy atom. The first kappa shape index (κ1) is 9.63. The molecule has 0 aliphatic heterocycles. The molecule has 0 aliphatic rings. The molecule has 0 saturated heterocycles. The van der Waals surface area contributed by atoms with Gasteiger partial charge in [-0.2, -0.15) is 0 Å². The summed E-state index contributed by atoms with van der Waals surface area (Å²) in [5.41, 5.74) is 0. The molecule has 4 nitrogen and oxygen atoms in total. The molecule has 0 spiro atoms. The predicted octanol–water partition coefficient (Wildman–Crippen LogP) is -0.104. The van der Waals surface area contributed by atoms with Crippen molar-refractivity contribution in [2.75, 3.05) is 0 Å². The molecule has 10 heavy (non-hydrogen) atoms. The van der Waals surface area contributed by atoms with Crippen molar-refractivity contribution in [2.45, 2.75) is 6.92 Å². The Bertz CT molecular complexity index is 237. The van der Waals surface area contributed by atoms with E-state index in [1.165, 1.54) is 0 Å². The molecular formula is C4H5LiN2O2S. The Morgan fingerprint density at radius 2 is 2.20 bits per heavy atom. The Hall–Kier alpha value is -0.373. The molecule has 1 heterocycles. The Kier molecular flexibility index (Phi) is 3.57. The van der Waals surface area contributed by atoms with Gasteiger partial charge < -0.3 is 5.11 Å². The molecule has 1 N–H and O–H groups in total. The van der Waals surface area contributed by atoms with Crippen LogP contribution in [0.25, 0.3) is 0 Å². The minimum atomic E-state index is -1.01. The van der Waals surface area contributed by atoms with E-state index in [1.807, 2.05) is 0 Å². The van der Waals surface area contributed by atoms with Crippen LogP contribution in [0.15, 0.2) is 0 Å². The van der Waals surface area contributed by atoms with Gasteiger partial charge >= 0.3 is 24.8 Å². The molecule has 0 fully saturated rings. The summed E-state index contributed by atoms with van der Waals surface area (Å²) in [4.78, 5) is 10.1. The molecule has 0 unspecified atom stereocenters. The Balaban J connectivity index is 0.000000810. The molecule has 0 atom stereocenters. The summed E-state index contributed by atoms with van der Waals surface area (Å²) in [7, 11) is 0. The summed E-state index contributed by atoms with van der Waals surface area (Å²) < 4.78 is 0. The molecule has 0 bridgehead atoms. The molecule has 1 aromatic rings. The Morgan fingerprint density at radius 3 is 2.40 bits per heavy atom. The van der Waals surface area contributed by atoms with E-state index >= 15 is 0 Å². The molecule has 0 aromatic carbocycles. The number of aryl methyl sites for hydroxylation is 1. The van der Waals surface area contributed by atoms with E-state index < -0.39 is 5.97 Å². The number of hydrogen-bond acceptors (Lipinski definition) is 4. The van der Waals surface area contributed by atoms with Crippen molar-refractivity contribution in [2.24, 2.45) is 0 Å². The summed E-state index contributed by atoms with van der Waals surface area (Å²) in [6, 6.07) is 0. The summed E-state index contributed by atoms with van der Waals surface area (Å²) in [6.45, 7) is 1.71. The van der Waals surface area contributed by atoms with Crippen LogP contribution in [-0.2, 0) is 0 Å². The van der Waals surface area contributed by atoms with Crippen LogP contribution in [0, 0.1) is 6.92 Å². The SMILES string of the molecule is Cc1nnc(C(=O)O)s1.[LiH]. The minimum absolute atomic E-state index is 0. The van der Waals surface area contributed by atoms with Gasteiger partial charge in [0.2, 0.25) is 5.01 Å². The van der Waals surface area contributed by atoms with E-state index in [0.717, 1.165) is 11.3 Å². The first-order valence-electron chi connectivity index (χ1n) is 2.23. The topological polar surface area (TPSA) is 63.1 Å². The van der Waals surface area contributed by atoms with Crippen LogP contribution in [0.5, 0.6) is 0 Å². The van der Waals surface area contributed by atoms with E-state index in [9.17, 15) is 4.79 Å². The third-order valence-corrected chi connectivity index (χ3v) is 1.54. The van der Waals surface area contributed by atoms with E-state index in [0.29, 0.717) is 5.01 Å². The maximum atomic E-state index is 10.1. The van der Waals surface area contributed by atoms with Crippen LogP contribution in [0.4, 0.5) is 0 Å². The van der Waals surface area contributed by atoms with Crippen molar-refractivity contribution >= 4 is 36.2 Å². The maximum absolute atomic E-state index is 10.1. The predicted molar refractivity (Wildman–Crippen MR) is 38.8 cm³/mol. The average molecular weight is 152 g/mol. The molecule has 6 heteroatoms. The van der Waals surface area contributed by atoms with Gasteiger partial charge in [-0.15, -0.1) is 10.2 Å². The average Bonchev–Trinajstić information content (AvgIpc) is 2.14. The second-order valence-corrected chi connectivity index (χ2v) is 2.61. The van der Waals surface area contributed by atoms with Gasteiger partial charge in [-0.3, -0.25) is 0 Å². The van der Waals surface area contributed by atoms with Crippen LogP contribution in [0.3, 0.4) is 0 Å². The van der Waals surface area contributed by atoms with Gasteiger partial charge in [-0.05, 0) is 6.92 Å². The fourth-order valence-corrected chi connectivity index (χ4v) is 0.913.